The fourth-order valence-corrected chi connectivity index (χ4v) is 2.67. The normalized spacial score (nSPS) is 12.0. The number of aromatic nitrogens is 2. The molecule has 0 fully saturated rings. The number of nitriles is 1. The Morgan fingerprint density at radius 3 is 2.70 bits per heavy atom. The van der Waals surface area contributed by atoms with Crippen LogP contribution in [-0.4, -0.2) is 9.78 Å². The lowest BCUT2D eigenvalue weighted by molar-refractivity contribution is 0.742. The molecule has 1 N–H and O–H groups in total. The maximum atomic E-state index is 9.20. The Morgan fingerprint density at radius 1 is 1.40 bits per heavy atom. The van der Waals surface area contributed by atoms with Gasteiger partial charge in [-0.3, -0.25) is 4.68 Å². The third-order valence-electron chi connectivity index (χ3n) is 3.12. The second-order valence-corrected chi connectivity index (χ2v) is 5.42. The molecule has 2 rings (SSSR count). The number of hydrogen-bond donors (Lipinski definition) is 1. The molecule has 1 atom stereocenters. The molecular formula is C14H14Cl2N4. The second-order valence-electron chi connectivity index (χ2n) is 4.58. The molecule has 1 aromatic heterocycles. The molecule has 0 aliphatic rings. The van der Waals surface area contributed by atoms with Gasteiger partial charge in [0.05, 0.1) is 11.7 Å². The summed E-state index contributed by atoms with van der Waals surface area (Å²) < 4.78 is 1.66. The van der Waals surface area contributed by atoms with Crippen LogP contribution in [0, 0.1) is 18.3 Å². The molecule has 1 unspecified atom stereocenters. The van der Waals surface area contributed by atoms with Crippen LogP contribution in [-0.2, 0) is 7.05 Å². The average Bonchev–Trinajstić information content (AvgIpc) is 2.63. The predicted molar refractivity (Wildman–Crippen MR) is 81.2 cm³/mol. The molecule has 2 aromatic rings. The first kappa shape index (κ1) is 14.7. The van der Waals surface area contributed by atoms with E-state index in [4.69, 9.17) is 23.2 Å². The van der Waals surface area contributed by atoms with Gasteiger partial charge in [0.2, 0.25) is 0 Å². The molecule has 0 aliphatic carbocycles. The van der Waals surface area contributed by atoms with E-state index in [1.165, 1.54) is 0 Å². The van der Waals surface area contributed by atoms with Gasteiger partial charge in [0.1, 0.15) is 17.5 Å². The average molecular weight is 309 g/mol. The standard InChI is InChI=1S/C14H14Cl2N4/c1-8(11-5-4-10(15)6-13(11)16)18-14-12(7-17)9(2)19-20(14)3/h4-6,8,18H,1-3H3. The number of hydrogen-bond acceptors (Lipinski definition) is 3. The third-order valence-corrected chi connectivity index (χ3v) is 3.68. The fraction of sp³-hybridized carbons (Fsp3) is 0.286. The molecule has 0 spiro atoms. The van der Waals surface area contributed by atoms with Gasteiger partial charge in [-0.15, -0.1) is 0 Å². The topological polar surface area (TPSA) is 53.6 Å². The minimum absolute atomic E-state index is 0.0679. The summed E-state index contributed by atoms with van der Waals surface area (Å²) in [5.74, 6) is 0.684. The Balaban J connectivity index is 2.33. The highest BCUT2D eigenvalue weighted by Crippen LogP contribution is 2.29. The number of rotatable bonds is 3. The number of benzene rings is 1. The highest BCUT2D eigenvalue weighted by molar-refractivity contribution is 6.35. The second kappa shape index (κ2) is 5.74. The third kappa shape index (κ3) is 2.74. The van der Waals surface area contributed by atoms with Crippen LogP contribution in [0.4, 0.5) is 5.82 Å². The lowest BCUT2D eigenvalue weighted by Crippen LogP contribution is -2.11. The highest BCUT2D eigenvalue weighted by atomic mass is 35.5. The van der Waals surface area contributed by atoms with E-state index in [1.807, 2.05) is 19.9 Å². The number of anilines is 1. The highest BCUT2D eigenvalue weighted by Gasteiger charge is 2.17. The van der Waals surface area contributed by atoms with Crippen molar-refractivity contribution in [1.29, 1.82) is 5.26 Å². The van der Waals surface area contributed by atoms with E-state index in [1.54, 1.807) is 23.9 Å². The zero-order valence-electron chi connectivity index (χ0n) is 11.4. The molecule has 6 heteroatoms. The summed E-state index contributed by atoms with van der Waals surface area (Å²) in [5, 5.41) is 17.9. The van der Waals surface area contributed by atoms with E-state index in [0.29, 0.717) is 27.1 Å². The number of nitrogens with one attached hydrogen (secondary N) is 1. The molecule has 0 saturated heterocycles. The van der Waals surface area contributed by atoms with E-state index in [0.717, 1.165) is 5.56 Å². The molecule has 1 heterocycles. The van der Waals surface area contributed by atoms with Gasteiger partial charge in [-0.1, -0.05) is 29.3 Å². The Hall–Kier alpha value is -1.70. The van der Waals surface area contributed by atoms with E-state index >= 15 is 0 Å². The lowest BCUT2D eigenvalue weighted by Gasteiger charge is -2.17. The van der Waals surface area contributed by atoms with Crippen molar-refractivity contribution in [2.24, 2.45) is 7.05 Å². The summed E-state index contributed by atoms with van der Waals surface area (Å²) in [6.07, 6.45) is 0. The van der Waals surface area contributed by atoms with E-state index < -0.39 is 0 Å². The van der Waals surface area contributed by atoms with Crippen LogP contribution in [0.3, 0.4) is 0 Å². The number of halogens is 2. The minimum atomic E-state index is -0.0679. The molecule has 104 valence electrons. The molecule has 0 bridgehead atoms. The maximum absolute atomic E-state index is 9.20. The summed E-state index contributed by atoms with van der Waals surface area (Å²) in [6, 6.07) is 7.47. The largest absolute Gasteiger partial charge is 0.363 e. The first-order valence-corrected chi connectivity index (χ1v) is 6.84. The summed E-state index contributed by atoms with van der Waals surface area (Å²) in [5.41, 5.74) is 2.16. The van der Waals surface area contributed by atoms with Gasteiger partial charge in [-0.05, 0) is 31.5 Å². The number of nitrogens with zero attached hydrogens (tertiary/aromatic N) is 3. The van der Waals surface area contributed by atoms with Crippen LogP contribution in [0.15, 0.2) is 18.2 Å². The van der Waals surface area contributed by atoms with Crippen molar-refractivity contribution in [3.05, 3.63) is 45.1 Å². The monoisotopic (exact) mass is 308 g/mol. The summed E-state index contributed by atoms with van der Waals surface area (Å²) in [7, 11) is 1.80. The summed E-state index contributed by atoms with van der Waals surface area (Å²) >= 11 is 12.1. The maximum Gasteiger partial charge on any atom is 0.142 e. The first-order chi connectivity index (χ1) is 9.43. The molecule has 0 amide bonds. The predicted octanol–water partition coefficient (Wildman–Crippen LogP) is 4.08. The van der Waals surface area contributed by atoms with Crippen LogP contribution in [0.5, 0.6) is 0 Å². The SMILES string of the molecule is Cc1nn(C)c(NC(C)c2ccc(Cl)cc2Cl)c1C#N. The van der Waals surface area contributed by atoms with Crippen LogP contribution in [0.1, 0.15) is 29.8 Å². The summed E-state index contributed by atoms with van der Waals surface area (Å²) in [6.45, 7) is 3.78. The van der Waals surface area contributed by atoms with Crippen LogP contribution < -0.4 is 5.32 Å². The molecule has 4 nitrogen and oxygen atoms in total. The van der Waals surface area contributed by atoms with Crippen molar-refractivity contribution in [2.75, 3.05) is 5.32 Å². The van der Waals surface area contributed by atoms with Gasteiger partial charge in [0.15, 0.2) is 0 Å². The Labute approximate surface area is 127 Å². The van der Waals surface area contributed by atoms with Gasteiger partial charge >= 0.3 is 0 Å². The first-order valence-electron chi connectivity index (χ1n) is 6.09. The quantitative estimate of drug-likeness (QED) is 0.929. The van der Waals surface area contributed by atoms with Crippen LogP contribution >= 0.6 is 23.2 Å². The Morgan fingerprint density at radius 2 is 2.10 bits per heavy atom. The van der Waals surface area contributed by atoms with E-state index in [9.17, 15) is 5.26 Å². The van der Waals surface area contributed by atoms with Crippen molar-refractivity contribution >= 4 is 29.0 Å². The molecule has 1 aromatic carbocycles. The summed E-state index contributed by atoms with van der Waals surface area (Å²) in [4.78, 5) is 0. The van der Waals surface area contributed by atoms with Gasteiger partial charge < -0.3 is 5.32 Å². The van der Waals surface area contributed by atoms with Gasteiger partial charge in [-0.2, -0.15) is 10.4 Å². The molecule has 0 aliphatic heterocycles. The van der Waals surface area contributed by atoms with Gasteiger partial charge in [0, 0.05) is 17.1 Å². The Bertz CT molecular complexity index is 685. The smallest absolute Gasteiger partial charge is 0.142 e. The van der Waals surface area contributed by atoms with Crippen molar-refractivity contribution in [2.45, 2.75) is 19.9 Å². The van der Waals surface area contributed by atoms with Crippen molar-refractivity contribution in [1.82, 2.24) is 9.78 Å². The van der Waals surface area contributed by atoms with Crippen molar-refractivity contribution < 1.29 is 0 Å². The van der Waals surface area contributed by atoms with E-state index in [-0.39, 0.29) is 6.04 Å². The lowest BCUT2D eigenvalue weighted by atomic mass is 10.1. The zero-order valence-corrected chi connectivity index (χ0v) is 12.9. The van der Waals surface area contributed by atoms with Gasteiger partial charge in [0.25, 0.3) is 0 Å². The molecular weight excluding hydrogens is 295 g/mol. The van der Waals surface area contributed by atoms with E-state index in [2.05, 4.69) is 16.5 Å². The molecule has 0 saturated carbocycles. The van der Waals surface area contributed by atoms with Crippen molar-refractivity contribution in [3.63, 3.8) is 0 Å². The van der Waals surface area contributed by atoms with Crippen molar-refractivity contribution in [3.8, 4) is 6.07 Å². The fourth-order valence-electron chi connectivity index (χ4n) is 2.09. The van der Waals surface area contributed by atoms with Gasteiger partial charge in [-0.25, -0.2) is 0 Å². The minimum Gasteiger partial charge on any atom is -0.363 e. The Kier molecular flexibility index (Phi) is 4.22. The van der Waals surface area contributed by atoms with Crippen LogP contribution in [0.25, 0.3) is 0 Å². The van der Waals surface area contributed by atoms with Crippen LogP contribution in [0.2, 0.25) is 10.0 Å². The zero-order chi connectivity index (χ0) is 14.9. The number of aryl methyl sites for hydroxylation is 2. The molecule has 0 radical (unpaired) electrons. The molecule has 20 heavy (non-hydrogen) atoms.